The minimum atomic E-state index is -0.791. The summed E-state index contributed by atoms with van der Waals surface area (Å²) in [7, 11) is 0. The number of ether oxygens (including phenoxy) is 3. The van der Waals surface area contributed by atoms with E-state index in [0.29, 0.717) is 19.3 Å². The van der Waals surface area contributed by atoms with Crippen LogP contribution >= 0.6 is 0 Å². The molecule has 0 aromatic carbocycles. The summed E-state index contributed by atoms with van der Waals surface area (Å²) in [4.78, 5) is 38.0. The Hall–Kier alpha value is -3.41. The van der Waals surface area contributed by atoms with E-state index in [-0.39, 0.29) is 31.1 Å². The first-order valence-corrected chi connectivity index (χ1v) is 27.6. The minimum Gasteiger partial charge on any atom is -0.462 e. The molecular weight excluding hydrogens is 817 g/mol. The third kappa shape index (κ3) is 51.6. The van der Waals surface area contributed by atoms with Crippen LogP contribution in [0.15, 0.2) is 85.1 Å². The van der Waals surface area contributed by atoms with Gasteiger partial charge in [-0.1, -0.05) is 234 Å². The van der Waals surface area contributed by atoms with Gasteiger partial charge in [0.15, 0.2) is 6.10 Å². The zero-order chi connectivity index (χ0) is 47.9. The van der Waals surface area contributed by atoms with Gasteiger partial charge in [0.2, 0.25) is 0 Å². The first kappa shape index (κ1) is 62.6. The highest BCUT2D eigenvalue weighted by Crippen LogP contribution is 2.15. The van der Waals surface area contributed by atoms with Crippen molar-refractivity contribution in [3.05, 3.63) is 85.1 Å². The van der Waals surface area contributed by atoms with Gasteiger partial charge in [-0.15, -0.1) is 0 Å². The van der Waals surface area contributed by atoms with Crippen LogP contribution in [0.3, 0.4) is 0 Å². The Kier molecular flexibility index (Phi) is 51.4. The van der Waals surface area contributed by atoms with E-state index in [2.05, 4.69) is 106 Å². The molecule has 66 heavy (non-hydrogen) atoms. The molecule has 0 spiro atoms. The third-order valence-corrected chi connectivity index (χ3v) is 11.6. The Balaban J connectivity index is 4.32. The van der Waals surface area contributed by atoms with Crippen LogP contribution in [-0.2, 0) is 28.6 Å². The Bertz CT molecular complexity index is 1290. The summed E-state index contributed by atoms with van der Waals surface area (Å²) in [5.74, 6) is -0.919. The molecule has 0 N–H and O–H groups in total. The van der Waals surface area contributed by atoms with Crippen molar-refractivity contribution in [3.8, 4) is 0 Å². The monoisotopic (exact) mass is 919 g/mol. The first-order chi connectivity index (χ1) is 32.5. The lowest BCUT2D eigenvalue weighted by Gasteiger charge is -2.18. The van der Waals surface area contributed by atoms with Crippen LogP contribution in [-0.4, -0.2) is 37.2 Å². The predicted molar refractivity (Wildman–Crippen MR) is 284 cm³/mol. The molecule has 0 aromatic heterocycles. The average molecular weight is 919 g/mol. The maximum atomic E-state index is 12.8. The zero-order valence-electron chi connectivity index (χ0n) is 43.2. The summed E-state index contributed by atoms with van der Waals surface area (Å²) in [5, 5.41) is 0. The van der Waals surface area contributed by atoms with E-state index in [1.807, 2.05) is 0 Å². The Morgan fingerprint density at radius 1 is 0.318 bits per heavy atom. The number of carbonyl (C=O) groups is 3. The van der Waals surface area contributed by atoms with Crippen LogP contribution in [0.2, 0.25) is 0 Å². The fraction of sp³-hybridized carbons (Fsp3) is 0.717. The smallest absolute Gasteiger partial charge is 0.306 e. The molecule has 0 amide bonds. The van der Waals surface area contributed by atoms with E-state index in [9.17, 15) is 14.4 Å². The van der Waals surface area contributed by atoms with E-state index < -0.39 is 6.10 Å². The second-order valence-electron chi connectivity index (χ2n) is 18.1. The molecule has 0 radical (unpaired) electrons. The maximum absolute atomic E-state index is 12.8. The minimum absolute atomic E-state index is 0.0878. The summed E-state index contributed by atoms with van der Waals surface area (Å²) in [6, 6.07) is 0. The molecule has 0 aliphatic heterocycles. The van der Waals surface area contributed by atoms with Crippen molar-refractivity contribution in [1.29, 1.82) is 0 Å². The van der Waals surface area contributed by atoms with Crippen molar-refractivity contribution in [3.63, 3.8) is 0 Å². The largest absolute Gasteiger partial charge is 0.462 e. The summed E-state index contributed by atoms with van der Waals surface area (Å²) in [6.45, 7) is 6.39. The van der Waals surface area contributed by atoms with Gasteiger partial charge >= 0.3 is 17.9 Å². The number of carbonyl (C=O) groups excluding carboxylic acids is 3. The van der Waals surface area contributed by atoms with Crippen LogP contribution < -0.4 is 0 Å². The number of hydrogen-bond donors (Lipinski definition) is 0. The molecule has 1 atom stereocenters. The summed E-state index contributed by atoms with van der Waals surface area (Å²) >= 11 is 0. The first-order valence-electron chi connectivity index (χ1n) is 27.6. The van der Waals surface area contributed by atoms with Gasteiger partial charge in [0.1, 0.15) is 13.2 Å². The van der Waals surface area contributed by atoms with Crippen molar-refractivity contribution in [2.45, 2.75) is 264 Å². The Labute approximate surface area is 407 Å². The number of allylic oxidation sites excluding steroid dienone is 14. The molecular formula is C60H102O6. The molecule has 0 rings (SSSR count). The van der Waals surface area contributed by atoms with Gasteiger partial charge in [0, 0.05) is 19.3 Å². The summed E-state index contributed by atoms with van der Waals surface area (Å²) < 4.78 is 16.8. The lowest BCUT2D eigenvalue weighted by Crippen LogP contribution is -2.30. The van der Waals surface area contributed by atoms with Crippen LogP contribution in [0.5, 0.6) is 0 Å². The highest BCUT2D eigenvalue weighted by Gasteiger charge is 2.19. The van der Waals surface area contributed by atoms with E-state index in [4.69, 9.17) is 14.2 Å². The van der Waals surface area contributed by atoms with Crippen LogP contribution in [0, 0.1) is 0 Å². The van der Waals surface area contributed by atoms with Crippen LogP contribution in [0.1, 0.15) is 258 Å². The van der Waals surface area contributed by atoms with E-state index in [1.54, 1.807) is 0 Å². The summed E-state index contributed by atoms with van der Waals surface area (Å²) in [5.41, 5.74) is 0. The van der Waals surface area contributed by atoms with Crippen molar-refractivity contribution in [2.75, 3.05) is 13.2 Å². The lowest BCUT2D eigenvalue weighted by molar-refractivity contribution is -0.167. The fourth-order valence-corrected chi connectivity index (χ4v) is 7.57. The van der Waals surface area contributed by atoms with E-state index >= 15 is 0 Å². The SMILES string of the molecule is CC/C=C\C/C=C\C/C=C\C/C=C\CCCCCCCCCCCCC(=O)OCC(COC(=O)CCCCCCCCCCCCCC)OC(=O)CCCCC/C=C\C/C=C\C/C=C\CC. The molecule has 0 heterocycles. The van der Waals surface area contributed by atoms with Gasteiger partial charge < -0.3 is 14.2 Å². The fourth-order valence-electron chi connectivity index (χ4n) is 7.57. The number of hydrogen-bond acceptors (Lipinski definition) is 6. The highest BCUT2D eigenvalue weighted by molar-refractivity contribution is 5.71. The normalized spacial score (nSPS) is 12.7. The van der Waals surface area contributed by atoms with Gasteiger partial charge in [0.25, 0.3) is 0 Å². The van der Waals surface area contributed by atoms with Crippen molar-refractivity contribution >= 4 is 17.9 Å². The molecule has 6 nitrogen and oxygen atoms in total. The van der Waals surface area contributed by atoms with E-state index in [0.717, 1.165) is 109 Å². The van der Waals surface area contributed by atoms with Gasteiger partial charge in [-0.25, -0.2) is 0 Å². The van der Waals surface area contributed by atoms with Crippen LogP contribution in [0.25, 0.3) is 0 Å². The van der Waals surface area contributed by atoms with Gasteiger partial charge in [-0.3, -0.25) is 14.4 Å². The van der Waals surface area contributed by atoms with Crippen LogP contribution in [0.4, 0.5) is 0 Å². The summed E-state index contributed by atoms with van der Waals surface area (Å²) in [6.07, 6.45) is 70.0. The second kappa shape index (κ2) is 54.2. The van der Waals surface area contributed by atoms with Crippen molar-refractivity contribution < 1.29 is 28.6 Å². The molecule has 1 unspecified atom stereocenters. The number of unbranched alkanes of at least 4 members (excludes halogenated alkanes) is 24. The molecule has 0 fully saturated rings. The number of esters is 3. The zero-order valence-corrected chi connectivity index (χ0v) is 43.2. The van der Waals surface area contributed by atoms with Gasteiger partial charge in [-0.05, 0) is 89.9 Å². The second-order valence-corrected chi connectivity index (χ2v) is 18.1. The molecule has 6 heteroatoms. The molecule has 0 aliphatic rings. The topological polar surface area (TPSA) is 78.9 Å². The lowest BCUT2D eigenvalue weighted by atomic mass is 10.0. The molecule has 0 saturated heterocycles. The molecule has 0 saturated carbocycles. The maximum Gasteiger partial charge on any atom is 0.306 e. The third-order valence-electron chi connectivity index (χ3n) is 11.6. The van der Waals surface area contributed by atoms with E-state index in [1.165, 1.54) is 109 Å². The van der Waals surface area contributed by atoms with Crippen molar-refractivity contribution in [2.24, 2.45) is 0 Å². The molecule has 0 bridgehead atoms. The van der Waals surface area contributed by atoms with Gasteiger partial charge in [0.05, 0.1) is 0 Å². The highest BCUT2D eigenvalue weighted by atomic mass is 16.6. The number of rotatable bonds is 49. The standard InChI is InChI=1S/C60H102O6/c1-4-7-10-13-16-19-22-25-26-27-28-29-30-31-32-33-34-36-38-41-44-47-50-53-59(62)65-56-57(55-64-58(61)52-49-46-43-40-37-24-21-18-15-12-9-6-3)66-60(63)54-51-48-45-42-39-35-23-20-17-14-11-8-5-2/h7-8,10-11,16-17,19-20,25-26,28-29,35,39,57H,4-6,9,12-15,18,21-24,27,30-34,36-38,40-56H2,1-3H3/b10-7-,11-8-,19-16-,20-17-,26-25-,29-28-,39-35-. The Morgan fingerprint density at radius 3 is 0.939 bits per heavy atom. The van der Waals surface area contributed by atoms with Crippen molar-refractivity contribution in [1.82, 2.24) is 0 Å². The average Bonchev–Trinajstić information content (AvgIpc) is 3.31. The predicted octanol–water partition coefficient (Wildman–Crippen LogP) is 18.4. The quantitative estimate of drug-likeness (QED) is 0.0262. The molecule has 378 valence electrons. The Morgan fingerprint density at radius 2 is 0.591 bits per heavy atom. The molecule has 0 aromatic rings. The van der Waals surface area contributed by atoms with Gasteiger partial charge in [-0.2, -0.15) is 0 Å². The molecule has 0 aliphatic carbocycles.